The summed E-state index contributed by atoms with van der Waals surface area (Å²) >= 11 is 0. The van der Waals surface area contributed by atoms with Crippen molar-refractivity contribution in [3.05, 3.63) is 0 Å². The zero-order valence-electron chi connectivity index (χ0n) is 18.0. The van der Waals surface area contributed by atoms with Crippen LogP contribution in [0.1, 0.15) is 130 Å². The van der Waals surface area contributed by atoms with Gasteiger partial charge in [0.25, 0.3) is 0 Å². The summed E-state index contributed by atoms with van der Waals surface area (Å²) < 4.78 is 0. The third kappa shape index (κ3) is 16.9. The van der Waals surface area contributed by atoms with Crippen LogP contribution in [0.25, 0.3) is 0 Å². The van der Waals surface area contributed by atoms with E-state index in [1.807, 2.05) is 0 Å². The summed E-state index contributed by atoms with van der Waals surface area (Å²) in [6.45, 7) is 6.53. The number of unbranched alkanes of at least 4 members (excludes halogenated alkanes) is 11. The minimum atomic E-state index is -1.79. The molecule has 0 fully saturated rings. The van der Waals surface area contributed by atoms with Gasteiger partial charge in [-0.3, -0.25) is 0 Å². The zero-order valence-corrected chi connectivity index (χ0v) is 18.0. The molecule has 154 valence electrons. The Labute approximate surface area is 164 Å². The average molecular weight is 367 g/mol. The molecule has 2 nitrogen and oxygen atoms in total. The summed E-state index contributed by atoms with van der Waals surface area (Å²) in [6, 6.07) is 0. The topological polar surface area (TPSA) is 40.5 Å². The first-order valence-electron chi connectivity index (χ1n) is 11.5. The van der Waals surface area contributed by atoms with E-state index in [-0.39, 0.29) is 0 Å². The lowest BCUT2D eigenvalue weighted by atomic mass is 9.94. The first-order chi connectivity index (χ1) is 12.6. The summed E-state index contributed by atoms with van der Waals surface area (Å²) in [7, 11) is 0. The third-order valence-corrected chi connectivity index (χ3v) is 5.17. The fourth-order valence-corrected chi connectivity index (χ4v) is 3.32. The van der Waals surface area contributed by atoms with Crippen LogP contribution in [0.5, 0.6) is 0 Å². The lowest BCUT2D eigenvalue weighted by molar-refractivity contribution is -0.115. The summed E-state index contributed by atoms with van der Waals surface area (Å²) in [5, 5.41) is 19.9. The highest BCUT2D eigenvalue weighted by atomic mass is 16.5. The molecule has 0 saturated heterocycles. The van der Waals surface area contributed by atoms with Gasteiger partial charge in [-0.2, -0.15) is 0 Å². The van der Waals surface area contributed by atoms with Crippen molar-refractivity contribution in [2.75, 3.05) is 0 Å². The summed E-state index contributed by atoms with van der Waals surface area (Å²) in [4.78, 5) is 0. The lowest BCUT2D eigenvalue weighted by Gasteiger charge is -2.15. The van der Waals surface area contributed by atoms with Gasteiger partial charge in [-0.25, -0.2) is 0 Å². The predicted octanol–water partition coefficient (Wildman–Crippen LogP) is 6.98. The van der Waals surface area contributed by atoms with Gasteiger partial charge in [0.05, 0.1) is 0 Å². The van der Waals surface area contributed by atoms with E-state index < -0.39 is 5.79 Å². The smallest absolute Gasteiger partial charge is 0.228 e. The van der Waals surface area contributed by atoms with Crippen molar-refractivity contribution in [3.63, 3.8) is 0 Å². The first-order valence-corrected chi connectivity index (χ1v) is 11.5. The molecule has 0 aliphatic heterocycles. The Hall–Kier alpha value is -0.520. The molecule has 0 aliphatic rings. The molecule has 1 atom stereocenters. The van der Waals surface area contributed by atoms with Crippen LogP contribution in [0, 0.1) is 17.8 Å². The average Bonchev–Trinajstić information content (AvgIpc) is 2.63. The van der Waals surface area contributed by atoms with Crippen molar-refractivity contribution in [1.29, 1.82) is 0 Å². The van der Waals surface area contributed by atoms with Gasteiger partial charge in [-0.15, -0.1) is 0 Å². The molecule has 0 aromatic carbocycles. The fourth-order valence-electron chi connectivity index (χ4n) is 3.32. The second-order valence-corrected chi connectivity index (χ2v) is 8.00. The summed E-state index contributed by atoms with van der Waals surface area (Å²) in [5.41, 5.74) is 0. The maximum absolute atomic E-state index is 9.95. The van der Waals surface area contributed by atoms with Gasteiger partial charge in [0.2, 0.25) is 5.79 Å². The molecule has 0 aliphatic carbocycles. The van der Waals surface area contributed by atoms with E-state index in [9.17, 15) is 10.2 Å². The van der Waals surface area contributed by atoms with E-state index in [0.717, 1.165) is 25.7 Å². The molecule has 0 saturated carbocycles. The molecule has 26 heavy (non-hydrogen) atoms. The van der Waals surface area contributed by atoms with Crippen molar-refractivity contribution in [1.82, 2.24) is 0 Å². The first kappa shape index (κ1) is 25.5. The van der Waals surface area contributed by atoms with Crippen molar-refractivity contribution >= 4 is 0 Å². The van der Waals surface area contributed by atoms with Gasteiger partial charge in [-0.1, -0.05) is 110 Å². The number of hydrogen-bond acceptors (Lipinski definition) is 2. The van der Waals surface area contributed by atoms with Crippen molar-refractivity contribution in [2.24, 2.45) is 5.92 Å². The van der Waals surface area contributed by atoms with Crippen LogP contribution in [0.4, 0.5) is 0 Å². The SMILES string of the molecule is CCCCCCCCCCCCC(C#CC(O)(O)CCCC)CCCC. The Morgan fingerprint density at radius 3 is 1.62 bits per heavy atom. The van der Waals surface area contributed by atoms with E-state index in [1.54, 1.807) is 0 Å². The summed E-state index contributed by atoms with van der Waals surface area (Å²) in [5.74, 6) is 4.46. The van der Waals surface area contributed by atoms with Crippen molar-refractivity contribution < 1.29 is 10.2 Å². The molecule has 2 heteroatoms. The maximum atomic E-state index is 9.95. The monoisotopic (exact) mass is 366 g/mol. The van der Waals surface area contributed by atoms with Crippen LogP contribution in [0.3, 0.4) is 0 Å². The molecule has 1 unspecified atom stereocenters. The number of rotatable bonds is 17. The zero-order chi connectivity index (χ0) is 19.5. The molecule has 0 rings (SSSR count). The second kappa shape index (κ2) is 17.9. The van der Waals surface area contributed by atoms with Gasteiger partial charge in [0, 0.05) is 12.3 Å². The highest BCUT2D eigenvalue weighted by molar-refractivity contribution is 5.11. The standard InChI is InChI=1S/C24H46O2/c1-4-7-10-11-12-13-14-15-16-17-19-23(18-8-5-2)20-22-24(25,26)21-9-6-3/h23,25-26H,4-19,21H2,1-3H3. The van der Waals surface area contributed by atoms with Crippen LogP contribution in [-0.4, -0.2) is 16.0 Å². The van der Waals surface area contributed by atoms with Crippen LogP contribution in [0.2, 0.25) is 0 Å². The molecular weight excluding hydrogens is 320 g/mol. The highest BCUT2D eigenvalue weighted by Crippen LogP contribution is 2.19. The highest BCUT2D eigenvalue weighted by Gasteiger charge is 2.18. The molecule has 0 heterocycles. The normalized spacial score (nSPS) is 12.7. The van der Waals surface area contributed by atoms with Crippen molar-refractivity contribution in [2.45, 2.75) is 136 Å². The number of hydrogen-bond donors (Lipinski definition) is 2. The van der Waals surface area contributed by atoms with Gasteiger partial charge in [0.15, 0.2) is 0 Å². The van der Waals surface area contributed by atoms with Crippen LogP contribution < -0.4 is 0 Å². The molecule has 0 amide bonds. The molecular formula is C24H46O2. The van der Waals surface area contributed by atoms with Gasteiger partial charge in [0.1, 0.15) is 0 Å². The molecule has 0 spiro atoms. The van der Waals surface area contributed by atoms with Gasteiger partial charge < -0.3 is 10.2 Å². The molecule has 0 aromatic rings. The Morgan fingerprint density at radius 2 is 1.08 bits per heavy atom. The van der Waals surface area contributed by atoms with E-state index >= 15 is 0 Å². The minimum Gasteiger partial charge on any atom is -0.356 e. The molecule has 0 radical (unpaired) electrons. The van der Waals surface area contributed by atoms with Gasteiger partial charge in [-0.05, 0) is 25.2 Å². The lowest BCUT2D eigenvalue weighted by Crippen LogP contribution is -2.25. The Balaban J connectivity index is 3.97. The minimum absolute atomic E-state index is 0.323. The number of aliphatic hydroxyl groups is 2. The van der Waals surface area contributed by atoms with Crippen LogP contribution in [0.15, 0.2) is 0 Å². The maximum Gasteiger partial charge on any atom is 0.228 e. The van der Waals surface area contributed by atoms with Crippen LogP contribution in [-0.2, 0) is 0 Å². The second-order valence-electron chi connectivity index (χ2n) is 8.00. The molecule has 2 N–H and O–H groups in total. The Morgan fingerprint density at radius 1 is 0.615 bits per heavy atom. The van der Waals surface area contributed by atoms with E-state index in [0.29, 0.717) is 12.3 Å². The fraction of sp³-hybridized carbons (Fsp3) is 0.917. The third-order valence-electron chi connectivity index (χ3n) is 5.17. The quantitative estimate of drug-likeness (QED) is 0.166. The molecule has 0 aromatic heterocycles. The molecule has 0 bridgehead atoms. The van der Waals surface area contributed by atoms with E-state index in [2.05, 4.69) is 32.6 Å². The van der Waals surface area contributed by atoms with E-state index in [4.69, 9.17) is 0 Å². The Bertz CT molecular complexity index is 351. The van der Waals surface area contributed by atoms with Gasteiger partial charge >= 0.3 is 0 Å². The van der Waals surface area contributed by atoms with Crippen molar-refractivity contribution in [3.8, 4) is 11.8 Å². The van der Waals surface area contributed by atoms with Crippen LogP contribution >= 0.6 is 0 Å². The predicted molar refractivity (Wildman–Crippen MR) is 114 cm³/mol. The largest absolute Gasteiger partial charge is 0.356 e. The summed E-state index contributed by atoms with van der Waals surface area (Å²) in [6.07, 6.45) is 20.2. The Kier molecular flexibility index (Phi) is 17.5. The van der Waals surface area contributed by atoms with E-state index in [1.165, 1.54) is 77.0 Å².